The van der Waals surface area contributed by atoms with Crippen LogP contribution in [-0.2, 0) is 6.54 Å². The van der Waals surface area contributed by atoms with Crippen LogP contribution in [0.2, 0.25) is 0 Å². The predicted molar refractivity (Wildman–Crippen MR) is 78.2 cm³/mol. The zero-order chi connectivity index (χ0) is 12.0. The van der Waals surface area contributed by atoms with E-state index in [1.165, 1.54) is 27.8 Å². The average molecular weight is 302 g/mol. The second kappa shape index (κ2) is 7.36. The van der Waals surface area contributed by atoms with Gasteiger partial charge in [-0.1, -0.05) is 28.1 Å². The fraction of sp³-hybridized carbons (Fsp3) is 0.538. The molecule has 1 atom stereocenters. The lowest BCUT2D eigenvalue weighted by molar-refractivity contribution is 0.537. The summed E-state index contributed by atoms with van der Waals surface area (Å²) in [5, 5.41) is 3.55. The monoisotopic (exact) mass is 301 g/mol. The Morgan fingerprint density at radius 2 is 2.19 bits per heavy atom. The zero-order valence-electron chi connectivity index (χ0n) is 10.2. The summed E-state index contributed by atoms with van der Waals surface area (Å²) in [6.45, 7) is 5.34. The van der Waals surface area contributed by atoms with Gasteiger partial charge in [-0.3, -0.25) is 0 Å². The second-order valence-electron chi connectivity index (χ2n) is 4.15. The molecular weight excluding hydrogens is 282 g/mol. The Bertz CT molecular complexity index is 328. The Balaban J connectivity index is 2.39. The first-order valence-electron chi connectivity index (χ1n) is 5.61. The summed E-state index contributed by atoms with van der Waals surface area (Å²) in [7, 11) is 0. The van der Waals surface area contributed by atoms with Crippen LogP contribution in [-0.4, -0.2) is 18.1 Å². The SMILES string of the molecule is CSCCC(C)NCc1ccc(Br)c(C)c1. The van der Waals surface area contributed by atoms with Gasteiger partial charge in [-0.15, -0.1) is 0 Å². The fourth-order valence-electron chi connectivity index (χ4n) is 1.51. The molecule has 3 heteroatoms. The molecule has 1 nitrogen and oxygen atoms in total. The summed E-state index contributed by atoms with van der Waals surface area (Å²) < 4.78 is 1.19. The molecule has 0 spiro atoms. The average Bonchev–Trinajstić information content (AvgIpc) is 2.28. The van der Waals surface area contributed by atoms with Crippen molar-refractivity contribution in [3.05, 3.63) is 33.8 Å². The molecule has 0 aliphatic carbocycles. The van der Waals surface area contributed by atoms with Gasteiger partial charge in [0.25, 0.3) is 0 Å². The predicted octanol–water partition coefficient (Wildman–Crippen LogP) is 3.99. The molecule has 0 amide bonds. The number of halogens is 1. The van der Waals surface area contributed by atoms with Gasteiger partial charge in [-0.2, -0.15) is 11.8 Å². The number of rotatable bonds is 6. The molecule has 1 rings (SSSR count). The largest absolute Gasteiger partial charge is 0.310 e. The van der Waals surface area contributed by atoms with Gasteiger partial charge in [0.1, 0.15) is 0 Å². The highest BCUT2D eigenvalue weighted by atomic mass is 79.9. The first-order chi connectivity index (χ1) is 7.63. The van der Waals surface area contributed by atoms with Gasteiger partial charge in [0.2, 0.25) is 0 Å². The zero-order valence-corrected chi connectivity index (χ0v) is 12.6. The van der Waals surface area contributed by atoms with Gasteiger partial charge in [-0.25, -0.2) is 0 Å². The van der Waals surface area contributed by atoms with Gasteiger partial charge in [0, 0.05) is 17.1 Å². The number of thioether (sulfide) groups is 1. The van der Waals surface area contributed by atoms with E-state index in [9.17, 15) is 0 Å². The Labute approximate surface area is 112 Å². The quantitative estimate of drug-likeness (QED) is 0.853. The summed E-state index contributed by atoms with van der Waals surface area (Å²) in [6, 6.07) is 7.12. The molecule has 0 aliphatic heterocycles. The Kier molecular flexibility index (Phi) is 6.47. The third-order valence-electron chi connectivity index (χ3n) is 2.63. The van der Waals surface area contributed by atoms with Gasteiger partial charge in [-0.05, 0) is 49.5 Å². The number of hydrogen-bond donors (Lipinski definition) is 1. The number of hydrogen-bond acceptors (Lipinski definition) is 2. The van der Waals surface area contributed by atoms with Crippen molar-refractivity contribution < 1.29 is 0 Å². The highest BCUT2D eigenvalue weighted by molar-refractivity contribution is 9.10. The van der Waals surface area contributed by atoms with Crippen LogP contribution in [0.15, 0.2) is 22.7 Å². The lowest BCUT2D eigenvalue weighted by Gasteiger charge is -2.13. The second-order valence-corrected chi connectivity index (χ2v) is 5.99. The molecule has 1 N–H and O–H groups in total. The third kappa shape index (κ3) is 4.89. The standard InChI is InChI=1S/C13H20BrNS/c1-10-8-12(4-5-13(10)14)9-15-11(2)6-7-16-3/h4-5,8,11,15H,6-7,9H2,1-3H3. The summed E-state index contributed by atoms with van der Waals surface area (Å²) >= 11 is 5.43. The van der Waals surface area contributed by atoms with E-state index in [2.05, 4.69) is 59.5 Å². The van der Waals surface area contributed by atoms with E-state index in [1.54, 1.807) is 0 Å². The minimum Gasteiger partial charge on any atom is -0.310 e. The van der Waals surface area contributed by atoms with E-state index in [-0.39, 0.29) is 0 Å². The van der Waals surface area contributed by atoms with Gasteiger partial charge >= 0.3 is 0 Å². The number of benzene rings is 1. The summed E-state index contributed by atoms with van der Waals surface area (Å²) in [5.74, 6) is 1.23. The van der Waals surface area contributed by atoms with Crippen molar-refractivity contribution >= 4 is 27.7 Å². The lowest BCUT2D eigenvalue weighted by atomic mass is 10.1. The maximum absolute atomic E-state index is 3.55. The van der Waals surface area contributed by atoms with Crippen LogP contribution in [0.1, 0.15) is 24.5 Å². The molecular formula is C13H20BrNS. The van der Waals surface area contributed by atoms with Crippen molar-refractivity contribution in [1.29, 1.82) is 0 Å². The van der Waals surface area contributed by atoms with Crippen LogP contribution in [0.3, 0.4) is 0 Å². The Morgan fingerprint density at radius 3 is 2.81 bits per heavy atom. The van der Waals surface area contributed by atoms with Crippen LogP contribution in [0.4, 0.5) is 0 Å². The minimum atomic E-state index is 0.594. The van der Waals surface area contributed by atoms with Gasteiger partial charge < -0.3 is 5.32 Å². The van der Waals surface area contributed by atoms with E-state index in [0.29, 0.717) is 6.04 Å². The van der Waals surface area contributed by atoms with Crippen molar-refractivity contribution in [2.24, 2.45) is 0 Å². The lowest BCUT2D eigenvalue weighted by Crippen LogP contribution is -2.25. The normalized spacial score (nSPS) is 12.8. The number of nitrogens with one attached hydrogen (secondary N) is 1. The topological polar surface area (TPSA) is 12.0 Å². The molecule has 0 saturated carbocycles. The first-order valence-corrected chi connectivity index (χ1v) is 7.79. The van der Waals surface area contributed by atoms with Crippen molar-refractivity contribution in [2.75, 3.05) is 12.0 Å². The van der Waals surface area contributed by atoms with Crippen molar-refractivity contribution in [1.82, 2.24) is 5.32 Å². The first kappa shape index (κ1) is 14.1. The van der Waals surface area contributed by atoms with E-state index in [4.69, 9.17) is 0 Å². The van der Waals surface area contributed by atoms with Crippen molar-refractivity contribution in [3.63, 3.8) is 0 Å². The van der Waals surface area contributed by atoms with E-state index < -0.39 is 0 Å². The minimum absolute atomic E-state index is 0.594. The smallest absolute Gasteiger partial charge is 0.0208 e. The summed E-state index contributed by atoms with van der Waals surface area (Å²) in [6.07, 6.45) is 3.39. The Morgan fingerprint density at radius 1 is 1.44 bits per heavy atom. The summed E-state index contributed by atoms with van der Waals surface area (Å²) in [5.41, 5.74) is 2.66. The molecule has 0 aromatic heterocycles. The molecule has 0 bridgehead atoms. The fourth-order valence-corrected chi connectivity index (χ4v) is 2.34. The van der Waals surface area contributed by atoms with Gasteiger partial charge in [0.15, 0.2) is 0 Å². The molecule has 0 fully saturated rings. The number of aryl methyl sites for hydroxylation is 1. The van der Waals surface area contributed by atoms with Crippen LogP contribution in [0, 0.1) is 6.92 Å². The molecule has 1 aromatic rings. The van der Waals surface area contributed by atoms with Crippen LogP contribution in [0.5, 0.6) is 0 Å². The van der Waals surface area contributed by atoms with E-state index in [1.807, 2.05) is 11.8 Å². The molecule has 1 aromatic carbocycles. The molecule has 0 aliphatic rings. The van der Waals surface area contributed by atoms with E-state index in [0.717, 1.165) is 6.54 Å². The Hall–Kier alpha value is 0.01000. The molecule has 90 valence electrons. The molecule has 0 heterocycles. The van der Waals surface area contributed by atoms with Crippen LogP contribution < -0.4 is 5.32 Å². The molecule has 1 unspecified atom stereocenters. The summed E-state index contributed by atoms with van der Waals surface area (Å²) in [4.78, 5) is 0. The highest BCUT2D eigenvalue weighted by Gasteiger charge is 2.02. The van der Waals surface area contributed by atoms with Crippen molar-refractivity contribution in [2.45, 2.75) is 32.9 Å². The molecule has 16 heavy (non-hydrogen) atoms. The van der Waals surface area contributed by atoms with Gasteiger partial charge in [0.05, 0.1) is 0 Å². The third-order valence-corrected chi connectivity index (χ3v) is 4.17. The van der Waals surface area contributed by atoms with Crippen LogP contribution >= 0.6 is 27.7 Å². The maximum Gasteiger partial charge on any atom is 0.0208 e. The van der Waals surface area contributed by atoms with E-state index >= 15 is 0 Å². The van der Waals surface area contributed by atoms with Crippen LogP contribution in [0.25, 0.3) is 0 Å². The van der Waals surface area contributed by atoms with Crippen molar-refractivity contribution in [3.8, 4) is 0 Å². The molecule has 0 saturated heterocycles. The maximum atomic E-state index is 3.55. The highest BCUT2D eigenvalue weighted by Crippen LogP contribution is 2.17. The molecule has 0 radical (unpaired) electrons.